The van der Waals surface area contributed by atoms with E-state index in [1.807, 2.05) is 0 Å². The molecular weight excluding hydrogens is 408 g/mol. The van der Waals surface area contributed by atoms with Gasteiger partial charge in [-0.15, -0.1) is 0 Å². The molecule has 0 heterocycles. The monoisotopic (exact) mass is 452 g/mol. The smallest absolute Gasteiger partial charge is 0.308 e. The fourth-order valence-corrected chi connectivity index (χ4v) is 3.02. The zero-order valence-electron chi connectivity index (χ0n) is 20.4. The second kappa shape index (κ2) is 22.1. The second-order valence-corrected chi connectivity index (χ2v) is 7.98. The molecule has 0 aliphatic heterocycles. The van der Waals surface area contributed by atoms with E-state index in [2.05, 4.69) is 31.2 Å². The van der Waals surface area contributed by atoms with Crippen molar-refractivity contribution < 1.29 is 28.6 Å². The van der Waals surface area contributed by atoms with Gasteiger partial charge in [0.1, 0.15) is 0 Å². The Morgan fingerprint density at radius 3 is 1.88 bits per heavy atom. The zero-order chi connectivity index (χ0) is 23.9. The molecule has 32 heavy (non-hydrogen) atoms. The number of esters is 3. The Bertz CT molecular complexity index is 553. The van der Waals surface area contributed by atoms with Crippen LogP contribution in [0.4, 0.5) is 0 Å². The van der Waals surface area contributed by atoms with E-state index in [4.69, 9.17) is 14.2 Å². The fraction of sp³-hybridized carbons (Fsp3) is 0.731. The minimum absolute atomic E-state index is 0.242. The van der Waals surface area contributed by atoms with Crippen molar-refractivity contribution >= 4 is 17.9 Å². The zero-order valence-corrected chi connectivity index (χ0v) is 20.4. The van der Waals surface area contributed by atoms with Crippen LogP contribution in [0.1, 0.15) is 111 Å². The lowest BCUT2D eigenvalue weighted by atomic mass is 10.1. The van der Waals surface area contributed by atoms with Crippen LogP contribution in [0.15, 0.2) is 24.3 Å². The lowest BCUT2D eigenvalue weighted by molar-refractivity contribution is -0.187. The summed E-state index contributed by atoms with van der Waals surface area (Å²) < 4.78 is 15.4. The van der Waals surface area contributed by atoms with Gasteiger partial charge in [-0.05, 0) is 57.8 Å². The topological polar surface area (TPSA) is 78.9 Å². The van der Waals surface area contributed by atoms with Crippen molar-refractivity contribution in [2.24, 2.45) is 0 Å². The molecule has 0 saturated heterocycles. The van der Waals surface area contributed by atoms with Gasteiger partial charge in [0.15, 0.2) is 0 Å². The number of hydrogen-bond acceptors (Lipinski definition) is 6. The van der Waals surface area contributed by atoms with E-state index in [1.165, 1.54) is 26.7 Å². The maximum Gasteiger partial charge on any atom is 0.308 e. The van der Waals surface area contributed by atoms with E-state index in [-0.39, 0.29) is 11.9 Å². The van der Waals surface area contributed by atoms with Gasteiger partial charge in [-0.25, -0.2) is 0 Å². The first-order valence-corrected chi connectivity index (χ1v) is 12.3. The first-order chi connectivity index (χ1) is 15.5. The van der Waals surface area contributed by atoms with Crippen LogP contribution in [0.2, 0.25) is 0 Å². The summed E-state index contributed by atoms with van der Waals surface area (Å²) in [5.74, 6) is -0.992. The van der Waals surface area contributed by atoms with Crippen molar-refractivity contribution in [1.82, 2.24) is 0 Å². The maximum absolute atomic E-state index is 12.1. The van der Waals surface area contributed by atoms with Crippen molar-refractivity contribution in [3.63, 3.8) is 0 Å². The number of rotatable bonds is 20. The normalized spacial score (nSPS) is 12.2. The third kappa shape index (κ3) is 22.6. The largest absolute Gasteiger partial charge is 0.466 e. The molecule has 0 N–H and O–H groups in total. The highest BCUT2D eigenvalue weighted by atomic mass is 16.7. The number of hydrogen-bond donors (Lipinski definition) is 0. The highest BCUT2D eigenvalue weighted by Gasteiger charge is 2.16. The average Bonchev–Trinajstić information content (AvgIpc) is 2.73. The van der Waals surface area contributed by atoms with Crippen molar-refractivity contribution in [2.45, 2.75) is 117 Å². The Balaban J connectivity index is 3.90. The molecule has 0 bridgehead atoms. The number of carbonyl (C=O) groups excluding carboxylic acids is 3. The van der Waals surface area contributed by atoms with E-state index >= 15 is 0 Å². The van der Waals surface area contributed by atoms with Crippen LogP contribution >= 0.6 is 0 Å². The summed E-state index contributed by atoms with van der Waals surface area (Å²) in [5.41, 5.74) is 0. The van der Waals surface area contributed by atoms with E-state index in [0.717, 1.165) is 64.2 Å². The van der Waals surface area contributed by atoms with E-state index < -0.39 is 12.3 Å². The molecule has 0 aliphatic rings. The van der Waals surface area contributed by atoms with Crippen LogP contribution in [-0.2, 0) is 28.6 Å². The van der Waals surface area contributed by atoms with Crippen LogP contribution in [0, 0.1) is 0 Å². The van der Waals surface area contributed by atoms with Crippen LogP contribution in [0.3, 0.4) is 0 Å². The summed E-state index contributed by atoms with van der Waals surface area (Å²) in [6.07, 6.45) is 20.5. The van der Waals surface area contributed by atoms with Gasteiger partial charge in [0, 0.05) is 26.7 Å². The van der Waals surface area contributed by atoms with Crippen molar-refractivity contribution in [3.8, 4) is 0 Å². The molecule has 0 amide bonds. The highest BCUT2D eigenvalue weighted by molar-refractivity contribution is 5.70. The molecule has 0 spiro atoms. The molecular formula is C26H44O6. The minimum Gasteiger partial charge on any atom is -0.466 e. The molecule has 0 radical (unpaired) electrons. The predicted octanol–water partition coefficient (Wildman–Crippen LogP) is 6.58. The number of unbranched alkanes of at least 4 members (excludes halogenated alkanes) is 8. The quantitative estimate of drug-likeness (QED) is 0.0899. The summed E-state index contributed by atoms with van der Waals surface area (Å²) in [7, 11) is 0. The molecule has 0 saturated carbocycles. The van der Waals surface area contributed by atoms with Crippen LogP contribution in [-0.4, -0.2) is 30.8 Å². The van der Waals surface area contributed by atoms with Gasteiger partial charge in [0.05, 0.1) is 6.61 Å². The molecule has 0 rings (SSSR count). The first kappa shape index (κ1) is 29.9. The standard InChI is InChI=1S/C26H44O6/c1-4-5-6-7-8-9-11-14-17-20-25(29)32-26(31-24(3)28)21-18-15-12-10-13-16-19-22-30-23(2)27/h7-8,10,12,26H,4-6,9,11,13-22H2,1-3H3. The minimum atomic E-state index is -0.807. The van der Waals surface area contributed by atoms with E-state index in [9.17, 15) is 14.4 Å². The predicted molar refractivity (Wildman–Crippen MR) is 127 cm³/mol. The summed E-state index contributed by atoms with van der Waals surface area (Å²) in [6, 6.07) is 0. The van der Waals surface area contributed by atoms with Gasteiger partial charge in [-0.1, -0.05) is 50.5 Å². The third-order valence-electron chi connectivity index (χ3n) is 4.75. The van der Waals surface area contributed by atoms with Gasteiger partial charge in [0.2, 0.25) is 6.29 Å². The molecule has 0 aromatic heterocycles. The maximum atomic E-state index is 12.1. The van der Waals surface area contributed by atoms with Crippen LogP contribution in [0.25, 0.3) is 0 Å². The van der Waals surface area contributed by atoms with Gasteiger partial charge < -0.3 is 14.2 Å². The summed E-state index contributed by atoms with van der Waals surface area (Å²) >= 11 is 0. The first-order valence-electron chi connectivity index (χ1n) is 12.3. The van der Waals surface area contributed by atoms with Crippen molar-refractivity contribution in [2.75, 3.05) is 6.61 Å². The molecule has 1 atom stereocenters. The number of carbonyl (C=O) groups is 3. The lowest BCUT2D eigenvalue weighted by Gasteiger charge is -2.17. The SMILES string of the molecule is CCCCC=CCCCCCC(=O)OC(CCCC=CCCCCOC(C)=O)OC(C)=O. The molecule has 6 heteroatoms. The lowest BCUT2D eigenvalue weighted by Crippen LogP contribution is -2.23. The summed E-state index contributed by atoms with van der Waals surface area (Å²) in [5, 5.41) is 0. The molecule has 0 aliphatic carbocycles. The number of allylic oxidation sites excluding steroid dienone is 4. The second-order valence-electron chi connectivity index (χ2n) is 7.98. The van der Waals surface area contributed by atoms with E-state index in [1.54, 1.807) is 0 Å². The molecule has 0 aromatic rings. The third-order valence-corrected chi connectivity index (χ3v) is 4.75. The van der Waals surface area contributed by atoms with Crippen LogP contribution < -0.4 is 0 Å². The molecule has 0 fully saturated rings. The Hall–Kier alpha value is -2.11. The van der Waals surface area contributed by atoms with Crippen molar-refractivity contribution in [3.05, 3.63) is 24.3 Å². The fourth-order valence-electron chi connectivity index (χ4n) is 3.02. The molecule has 0 aromatic carbocycles. The van der Waals surface area contributed by atoms with Crippen LogP contribution in [0.5, 0.6) is 0 Å². The molecule has 1 unspecified atom stereocenters. The van der Waals surface area contributed by atoms with Gasteiger partial charge >= 0.3 is 17.9 Å². The van der Waals surface area contributed by atoms with Gasteiger partial charge in [-0.3, -0.25) is 14.4 Å². The Kier molecular flexibility index (Phi) is 20.6. The van der Waals surface area contributed by atoms with Gasteiger partial charge in [0.25, 0.3) is 0 Å². The Morgan fingerprint density at radius 1 is 0.688 bits per heavy atom. The Labute approximate surface area is 194 Å². The molecule has 184 valence electrons. The van der Waals surface area contributed by atoms with Gasteiger partial charge in [-0.2, -0.15) is 0 Å². The molecule has 6 nitrogen and oxygen atoms in total. The summed E-state index contributed by atoms with van der Waals surface area (Å²) in [4.78, 5) is 34.0. The Morgan fingerprint density at radius 2 is 1.28 bits per heavy atom. The van der Waals surface area contributed by atoms with E-state index in [0.29, 0.717) is 19.4 Å². The average molecular weight is 453 g/mol. The summed E-state index contributed by atoms with van der Waals surface area (Å²) in [6.45, 7) is 5.39. The number of ether oxygens (including phenoxy) is 3. The van der Waals surface area contributed by atoms with Crippen molar-refractivity contribution in [1.29, 1.82) is 0 Å². The highest BCUT2D eigenvalue weighted by Crippen LogP contribution is 2.12.